The van der Waals surface area contributed by atoms with Crippen LogP contribution in [0.3, 0.4) is 0 Å². The van der Waals surface area contributed by atoms with E-state index in [9.17, 15) is 0 Å². The minimum atomic E-state index is 0. The smallest absolute Gasteiger partial charge is 0 e. The first-order valence-corrected chi connectivity index (χ1v) is 0. The van der Waals surface area contributed by atoms with Crippen molar-refractivity contribution in [2.45, 2.75) is 0 Å². The molecule has 0 aliphatic carbocycles. The van der Waals surface area contributed by atoms with Gasteiger partial charge in [0.25, 0.3) is 0 Å². The summed E-state index contributed by atoms with van der Waals surface area (Å²) >= 11 is 0. The SMILES string of the molecule is Cl.O.O.O.O.[Fe].[Fe]. The van der Waals surface area contributed by atoms with E-state index in [4.69, 9.17) is 0 Å². The zero-order valence-electron chi connectivity index (χ0n) is 3.12. The summed E-state index contributed by atoms with van der Waals surface area (Å²) in [6.45, 7) is 0. The number of hydrogen-bond donors (Lipinski definition) is 0. The Hall–Kier alpha value is 1.17. The molecule has 0 amide bonds. The molecule has 0 radical (unpaired) electrons. The fourth-order valence-electron chi connectivity index (χ4n) is 0. The van der Waals surface area contributed by atoms with E-state index in [1.54, 1.807) is 0 Å². The normalized spacial score (nSPS) is 0. The summed E-state index contributed by atoms with van der Waals surface area (Å²) in [5.74, 6) is 0. The Bertz CT molecular complexity index is 9.65. The van der Waals surface area contributed by atoms with Crippen LogP contribution in [0.2, 0.25) is 0 Å². The van der Waals surface area contributed by atoms with Crippen molar-refractivity contribution in [3.63, 3.8) is 0 Å². The summed E-state index contributed by atoms with van der Waals surface area (Å²) < 4.78 is 0. The van der Waals surface area contributed by atoms with E-state index < -0.39 is 0 Å². The summed E-state index contributed by atoms with van der Waals surface area (Å²) in [7, 11) is 0. The molecule has 0 heterocycles. The molecule has 7 heavy (non-hydrogen) atoms. The van der Waals surface area contributed by atoms with Gasteiger partial charge in [-0.1, -0.05) is 0 Å². The molecule has 0 aromatic carbocycles. The van der Waals surface area contributed by atoms with Crippen molar-refractivity contribution in [3.05, 3.63) is 0 Å². The van der Waals surface area contributed by atoms with Gasteiger partial charge in [-0.25, -0.2) is 0 Å². The fourth-order valence-corrected chi connectivity index (χ4v) is 0. The number of hydrogen-bond acceptors (Lipinski definition) is 0. The molecule has 0 aliphatic rings. The summed E-state index contributed by atoms with van der Waals surface area (Å²) in [6.07, 6.45) is 0. The van der Waals surface area contributed by atoms with E-state index >= 15 is 0 Å². The first-order chi connectivity index (χ1) is 0. The minimum Gasteiger partial charge on any atom is -0.412 e. The van der Waals surface area contributed by atoms with E-state index in [0.717, 1.165) is 0 Å². The zero-order valence-corrected chi connectivity index (χ0v) is 6.14. The van der Waals surface area contributed by atoms with Gasteiger partial charge >= 0.3 is 0 Å². The molecule has 0 saturated heterocycles. The molecular formula is H9ClFe2O4. The van der Waals surface area contributed by atoms with Crippen LogP contribution in [0, 0.1) is 0 Å². The molecule has 0 fully saturated rings. The Kier molecular flexibility index (Phi) is 8760. The molecule has 56 valence electrons. The Labute approximate surface area is 68.6 Å². The van der Waals surface area contributed by atoms with Crippen LogP contribution < -0.4 is 0 Å². The van der Waals surface area contributed by atoms with E-state index in [1.807, 2.05) is 0 Å². The Morgan fingerprint density at radius 1 is 0.429 bits per heavy atom. The summed E-state index contributed by atoms with van der Waals surface area (Å²) in [4.78, 5) is 0. The fraction of sp³-hybridized carbons (Fsp3) is 0. The minimum absolute atomic E-state index is 0. The molecule has 8 N–H and O–H groups in total. The Morgan fingerprint density at radius 2 is 0.429 bits per heavy atom. The van der Waals surface area contributed by atoms with Crippen molar-refractivity contribution in [1.29, 1.82) is 0 Å². The van der Waals surface area contributed by atoms with Crippen LogP contribution in [0.1, 0.15) is 0 Å². The van der Waals surface area contributed by atoms with Crippen LogP contribution in [0.4, 0.5) is 0 Å². The van der Waals surface area contributed by atoms with Crippen LogP contribution in [0.15, 0.2) is 0 Å². The molecule has 0 bridgehead atoms. The van der Waals surface area contributed by atoms with E-state index in [1.165, 1.54) is 0 Å². The first kappa shape index (κ1) is 307. The maximum absolute atomic E-state index is 0. The largest absolute Gasteiger partial charge is 0.412 e. The summed E-state index contributed by atoms with van der Waals surface area (Å²) in [5.41, 5.74) is 0. The predicted octanol–water partition coefficient (Wildman–Crippen LogP) is -2.88. The predicted molar refractivity (Wildman–Crippen MR) is 21.7 cm³/mol. The van der Waals surface area contributed by atoms with E-state index in [0.29, 0.717) is 0 Å². The maximum atomic E-state index is 0. The van der Waals surface area contributed by atoms with Gasteiger partial charge in [0, 0.05) is 34.1 Å². The Balaban J connectivity index is 0. The van der Waals surface area contributed by atoms with Crippen LogP contribution in [-0.4, -0.2) is 21.9 Å². The summed E-state index contributed by atoms with van der Waals surface area (Å²) in [5, 5.41) is 0. The Morgan fingerprint density at radius 3 is 0.429 bits per heavy atom. The molecular weight excluding hydrogens is 211 g/mol. The van der Waals surface area contributed by atoms with Gasteiger partial charge in [-0.2, -0.15) is 0 Å². The van der Waals surface area contributed by atoms with Crippen molar-refractivity contribution < 1.29 is 56.0 Å². The van der Waals surface area contributed by atoms with Crippen LogP contribution in [0.25, 0.3) is 0 Å². The van der Waals surface area contributed by atoms with Crippen LogP contribution in [-0.2, 0) is 34.1 Å². The molecule has 0 spiro atoms. The summed E-state index contributed by atoms with van der Waals surface area (Å²) in [6, 6.07) is 0. The third-order valence-corrected chi connectivity index (χ3v) is 0. The van der Waals surface area contributed by atoms with Crippen LogP contribution in [0.5, 0.6) is 0 Å². The van der Waals surface area contributed by atoms with Gasteiger partial charge in [0.2, 0.25) is 0 Å². The van der Waals surface area contributed by atoms with Gasteiger partial charge in [0.15, 0.2) is 0 Å². The van der Waals surface area contributed by atoms with Crippen molar-refractivity contribution in [3.8, 4) is 0 Å². The van der Waals surface area contributed by atoms with Crippen molar-refractivity contribution >= 4 is 12.4 Å². The molecule has 0 aromatic heterocycles. The van der Waals surface area contributed by atoms with E-state index in [-0.39, 0.29) is 68.4 Å². The molecule has 0 rings (SSSR count). The third kappa shape index (κ3) is 140. The topological polar surface area (TPSA) is 126 Å². The molecule has 7 heteroatoms. The van der Waals surface area contributed by atoms with Crippen molar-refractivity contribution in [2.75, 3.05) is 0 Å². The second-order valence-electron chi connectivity index (χ2n) is 0. The van der Waals surface area contributed by atoms with Crippen LogP contribution >= 0.6 is 12.4 Å². The van der Waals surface area contributed by atoms with Gasteiger partial charge in [0.1, 0.15) is 0 Å². The molecule has 0 aromatic rings. The molecule has 0 aliphatic heterocycles. The van der Waals surface area contributed by atoms with Gasteiger partial charge < -0.3 is 21.9 Å². The molecule has 0 atom stereocenters. The molecule has 0 saturated carbocycles. The monoisotopic (exact) mass is 220 g/mol. The van der Waals surface area contributed by atoms with E-state index in [2.05, 4.69) is 0 Å². The average Bonchev–Trinajstić information content (AvgIpc) is 0. The standard InChI is InChI=1S/ClH.2Fe.4H2O/h1H;;;4*1H2. The third-order valence-electron chi connectivity index (χ3n) is 0. The van der Waals surface area contributed by atoms with Gasteiger partial charge in [0.05, 0.1) is 0 Å². The zero-order chi connectivity index (χ0) is 0. The van der Waals surface area contributed by atoms with Gasteiger partial charge in [-0.05, 0) is 0 Å². The average molecular weight is 220 g/mol. The second kappa shape index (κ2) is 200. The quantitative estimate of drug-likeness (QED) is 0.389. The van der Waals surface area contributed by atoms with Crippen molar-refractivity contribution in [2.24, 2.45) is 0 Å². The van der Waals surface area contributed by atoms with Crippen molar-refractivity contribution in [1.82, 2.24) is 0 Å². The van der Waals surface area contributed by atoms with Gasteiger partial charge in [-0.3, -0.25) is 0 Å². The second-order valence-corrected chi connectivity index (χ2v) is 0. The molecule has 4 nitrogen and oxygen atoms in total. The molecule has 0 unspecified atom stereocenters. The first-order valence-electron chi connectivity index (χ1n) is 0. The van der Waals surface area contributed by atoms with Gasteiger partial charge in [-0.15, -0.1) is 12.4 Å². The maximum Gasteiger partial charge on any atom is 0 e. The number of halogens is 1. The number of rotatable bonds is 0.